The molecule has 8 nitrogen and oxygen atoms in total. The summed E-state index contributed by atoms with van der Waals surface area (Å²) >= 11 is 0. The molecule has 37 heavy (non-hydrogen) atoms. The first-order chi connectivity index (χ1) is 18.1. The molecular formula is C29H23N5O3. The Balaban J connectivity index is 1.28. The Morgan fingerprint density at radius 1 is 0.946 bits per heavy atom. The number of nitrogens with zero attached hydrogens (tertiary/aromatic N) is 5. The highest BCUT2D eigenvalue weighted by Crippen LogP contribution is 2.26. The summed E-state index contributed by atoms with van der Waals surface area (Å²) in [5.74, 6) is -0.231. The van der Waals surface area contributed by atoms with E-state index in [1.807, 2.05) is 89.7 Å². The van der Waals surface area contributed by atoms with E-state index in [0.717, 1.165) is 27.9 Å². The maximum Gasteiger partial charge on any atom is 0.297 e. The molecule has 0 radical (unpaired) electrons. The van der Waals surface area contributed by atoms with E-state index in [1.54, 1.807) is 18.0 Å². The smallest absolute Gasteiger partial charge is 0.297 e. The third-order valence-corrected chi connectivity index (χ3v) is 6.35. The first-order valence-electron chi connectivity index (χ1n) is 11.9. The number of likely N-dealkylation sites (N-methyl/N-ethyl adjacent to an activating group) is 1. The number of aromatic nitrogens is 4. The lowest BCUT2D eigenvalue weighted by atomic mass is 10.1. The number of furan rings is 1. The quantitative estimate of drug-likeness (QED) is 0.340. The van der Waals surface area contributed by atoms with Crippen molar-refractivity contribution in [3.05, 3.63) is 113 Å². The van der Waals surface area contributed by atoms with Crippen LogP contribution in [0.2, 0.25) is 0 Å². The van der Waals surface area contributed by atoms with E-state index in [2.05, 4.69) is 4.98 Å². The molecule has 6 aromatic rings. The van der Waals surface area contributed by atoms with Crippen LogP contribution in [0.4, 0.5) is 0 Å². The fourth-order valence-corrected chi connectivity index (χ4v) is 4.42. The van der Waals surface area contributed by atoms with Gasteiger partial charge in [-0.25, -0.2) is 9.67 Å². The van der Waals surface area contributed by atoms with Crippen molar-refractivity contribution >= 4 is 28.0 Å². The zero-order valence-corrected chi connectivity index (χ0v) is 20.1. The summed E-state index contributed by atoms with van der Waals surface area (Å²) in [5.41, 5.74) is 4.43. The second-order valence-corrected chi connectivity index (χ2v) is 8.85. The zero-order valence-electron chi connectivity index (χ0n) is 20.1. The highest BCUT2D eigenvalue weighted by molar-refractivity contribution is 6.01. The molecule has 0 aliphatic heterocycles. The molecule has 0 N–H and O–H groups in total. The van der Waals surface area contributed by atoms with Crippen molar-refractivity contribution in [1.82, 2.24) is 24.2 Å². The number of hydrogen-bond donors (Lipinski definition) is 0. The Labute approximate surface area is 212 Å². The number of carbonyl (C=O) groups is 1. The van der Waals surface area contributed by atoms with Gasteiger partial charge in [0, 0.05) is 36.3 Å². The van der Waals surface area contributed by atoms with Crippen molar-refractivity contribution in [3.63, 3.8) is 0 Å². The first-order valence-corrected chi connectivity index (χ1v) is 11.9. The highest BCUT2D eigenvalue weighted by atomic mass is 16.3. The van der Waals surface area contributed by atoms with Crippen LogP contribution in [-0.2, 0) is 17.9 Å². The molecule has 8 heteroatoms. The molecule has 0 aliphatic rings. The fourth-order valence-electron chi connectivity index (χ4n) is 4.42. The molecule has 0 aliphatic carbocycles. The van der Waals surface area contributed by atoms with Gasteiger partial charge in [-0.15, -0.1) is 0 Å². The number of fused-ring (bicyclic) bond motifs is 3. The van der Waals surface area contributed by atoms with Crippen LogP contribution in [0.5, 0.6) is 0 Å². The van der Waals surface area contributed by atoms with Gasteiger partial charge in [-0.3, -0.25) is 14.2 Å². The average Bonchev–Trinajstić information content (AvgIpc) is 3.53. The van der Waals surface area contributed by atoms with E-state index >= 15 is 0 Å². The van der Waals surface area contributed by atoms with Crippen LogP contribution in [0.1, 0.15) is 5.56 Å². The lowest BCUT2D eigenvalue weighted by Crippen LogP contribution is -2.33. The molecule has 0 unspecified atom stereocenters. The molecule has 3 aromatic heterocycles. The molecule has 1 amide bonds. The molecular weight excluding hydrogens is 466 g/mol. The van der Waals surface area contributed by atoms with Gasteiger partial charge < -0.3 is 9.32 Å². The minimum absolute atomic E-state index is 0.148. The van der Waals surface area contributed by atoms with Crippen molar-refractivity contribution in [3.8, 4) is 16.9 Å². The normalized spacial score (nSPS) is 11.3. The zero-order chi connectivity index (χ0) is 25.4. The van der Waals surface area contributed by atoms with E-state index in [-0.39, 0.29) is 23.6 Å². The maximum absolute atomic E-state index is 13.2. The molecule has 3 aromatic carbocycles. The summed E-state index contributed by atoms with van der Waals surface area (Å²) in [7, 11) is 1.72. The van der Waals surface area contributed by atoms with Crippen molar-refractivity contribution in [2.75, 3.05) is 7.05 Å². The standard InChI is InChI=1S/C29H23N5O3/c1-32(25(35)18-33-19-30-27-23-14-8-9-15-24(23)37-28(27)29(33)36)16-21-17-34(22-12-6-3-7-13-22)31-26(21)20-10-4-2-5-11-20/h2-15,17,19H,16,18H2,1H3. The monoisotopic (exact) mass is 489 g/mol. The lowest BCUT2D eigenvalue weighted by molar-refractivity contribution is -0.131. The number of benzene rings is 3. The Kier molecular flexibility index (Phi) is 5.61. The predicted molar refractivity (Wildman–Crippen MR) is 141 cm³/mol. The third-order valence-electron chi connectivity index (χ3n) is 6.35. The number of hydrogen-bond acceptors (Lipinski definition) is 5. The van der Waals surface area contributed by atoms with E-state index in [4.69, 9.17) is 9.52 Å². The van der Waals surface area contributed by atoms with Gasteiger partial charge in [0.1, 0.15) is 17.6 Å². The van der Waals surface area contributed by atoms with Gasteiger partial charge in [-0.1, -0.05) is 60.7 Å². The van der Waals surface area contributed by atoms with Crippen LogP contribution in [0.15, 0.2) is 107 Å². The molecule has 0 saturated carbocycles. The summed E-state index contributed by atoms with van der Waals surface area (Å²) in [5, 5.41) is 5.59. The minimum Gasteiger partial charge on any atom is -0.448 e. The van der Waals surface area contributed by atoms with Crippen molar-refractivity contribution < 1.29 is 9.21 Å². The summed E-state index contributed by atoms with van der Waals surface area (Å²) in [6.45, 7) is 0.174. The average molecular weight is 490 g/mol. The predicted octanol–water partition coefficient (Wildman–Crippen LogP) is 4.65. The van der Waals surface area contributed by atoms with E-state index in [0.29, 0.717) is 17.6 Å². The van der Waals surface area contributed by atoms with Gasteiger partial charge in [-0.2, -0.15) is 5.10 Å². The van der Waals surface area contributed by atoms with Crippen molar-refractivity contribution in [2.24, 2.45) is 0 Å². The Morgan fingerprint density at radius 2 is 1.65 bits per heavy atom. The van der Waals surface area contributed by atoms with Gasteiger partial charge >= 0.3 is 0 Å². The minimum atomic E-state index is -0.384. The van der Waals surface area contributed by atoms with Gasteiger partial charge in [0.15, 0.2) is 0 Å². The topological polar surface area (TPSA) is 86.2 Å². The summed E-state index contributed by atoms with van der Waals surface area (Å²) in [4.78, 5) is 32.2. The fraction of sp³-hybridized carbons (Fsp3) is 0.103. The number of amides is 1. The van der Waals surface area contributed by atoms with Crippen LogP contribution < -0.4 is 5.56 Å². The molecule has 0 spiro atoms. The Morgan fingerprint density at radius 3 is 2.43 bits per heavy atom. The van der Waals surface area contributed by atoms with Gasteiger partial charge in [-0.05, 0) is 24.3 Å². The van der Waals surface area contributed by atoms with Crippen molar-refractivity contribution in [1.29, 1.82) is 0 Å². The molecule has 0 saturated heterocycles. The van der Waals surface area contributed by atoms with E-state index in [9.17, 15) is 9.59 Å². The molecule has 3 heterocycles. The number of carbonyl (C=O) groups excluding carboxylic acids is 1. The molecule has 182 valence electrons. The van der Waals surface area contributed by atoms with Crippen LogP contribution in [-0.4, -0.2) is 37.2 Å². The van der Waals surface area contributed by atoms with Crippen LogP contribution in [0, 0.1) is 0 Å². The van der Waals surface area contributed by atoms with E-state index in [1.165, 1.54) is 10.9 Å². The maximum atomic E-state index is 13.2. The summed E-state index contributed by atoms with van der Waals surface area (Å²) < 4.78 is 8.85. The van der Waals surface area contributed by atoms with Crippen molar-refractivity contribution in [2.45, 2.75) is 13.1 Å². The first kappa shape index (κ1) is 22.5. The molecule has 0 bridgehead atoms. The van der Waals surface area contributed by atoms with Crippen LogP contribution >= 0.6 is 0 Å². The third kappa shape index (κ3) is 4.18. The summed E-state index contributed by atoms with van der Waals surface area (Å²) in [6, 6.07) is 27.1. The van der Waals surface area contributed by atoms with Gasteiger partial charge in [0.25, 0.3) is 5.56 Å². The lowest BCUT2D eigenvalue weighted by Gasteiger charge is -2.17. The Hall–Kier alpha value is -4.98. The molecule has 0 fully saturated rings. The Bertz CT molecular complexity index is 1790. The SMILES string of the molecule is CN(Cc1cn(-c2ccccc2)nc1-c1ccccc1)C(=O)Cn1cnc2c(oc3ccccc32)c1=O. The van der Waals surface area contributed by atoms with Gasteiger partial charge in [0.2, 0.25) is 11.5 Å². The van der Waals surface area contributed by atoms with Crippen LogP contribution in [0.25, 0.3) is 39.0 Å². The van der Waals surface area contributed by atoms with Crippen LogP contribution in [0.3, 0.4) is 0 Å². The molecule has 6 rings (SSSR count). The number of rotatable bonds is 6. The van der Waals surface area contributed by atoms with E-state index < -0.39 is 0 Å². The van der Waals surface area contributed by atoms with Gasteiger partial charge in [0.05, 0.1) is 17.7 Å². The molecule has 0 atom stereocenters. The second kappa shape index (κ2) is 9.23. The summed E-state index contributed by atoms with van der Waals surface area (Å²) in [6.07, 6.45) is 3.34. The highest BCUT2D eigenvalue weighted by Gasteiger charge is 2.19. The number of para-hydroxylation sites is 2. The second-order valence-electron chi connectivity index (χ2n) is 8.85. The largest absolute Gasteiger partial charge is 0.448 e.